The van der Waals surface area contributed by atoms with E-state index in [9.17, 15) is 0 Å². The van der Waals surface area contributed by atoms with Crippen LogP contribution in [0.25, 0.3) is 17.1 Å². The normalized spacial score (nSPS) is 12.4. The Kier molecular flexibility index (Phi) is 3.70. The first kappa shape index (κ1) is 14.7. The molecular formula is C16H18N4OS. The number of methoxy groups -OCH3 is 1. The molecule has 0 bridgehead atoms. The van der Waals surface area contributed by atoms with Crippen LogP contribution < -0.4 is 4.74 Å². The summed E-state index contributed by atoms with van der Waals surface area (Å²) in [7, 11) is 1.67. The molecule has 0 unspecified atom stereocenters. The molecule has 114 valence electrons. The highest BCUT2D eigenvalue weighted by Crippen LogP contribution is 2.25. The fraction of sp³-hybridized carbons (Fsp3) is 0.312. The van der Waals surface area contributed by atoms with Crippen LogP contribution in [0.1, 0.15) is 37.2 Å². The van der Waals surface area contributed by atoms with Crippen LogP contribution in [0.5, 0.6) is 5.75 Å². The number of hydrogen-bond donors (Lipinski definition) is 0. The summed E-state index contributed by atoms with van der Waals surface area (Å²) in [6, 6.07) is 7.89. The second kappa shape index (κ2) is 5.53. The summed E-state index contributed by atoms with van der Waals surface area (Å²) >= 11 is 1.52. The summed E-state index contributed by atoms with van der Waals surface area (Å²) in [5.41, 5.74) is 0.934. The lowest BCUT2D eigenvalue weighted by atomic mass is 9.96. The van der Waals surface area contributed by atoms with Gasteiger partial charge in [-0.25, -0.2) is 0 Å². The molecule has 0 aliphatic heterocycles. The van der Waals surface area contributed by atoms with Crippen molar-refractivity contribution >= 4 is 28.4 Å². The van der Waals surface area contributed by atoms with Gasteiger partial charge in [-0.1, -0.05) is 50.3 Å². The molecule has 5 nitrogen and oxygen atoms in total. The highest BCUT2D eigenvalue weighted by atomic mass is 32.1. The lowest BCUT2D eigenvalue weighted by Gasteiger charge is -2.13. The summed E-state index contributed by atoms with van der Waals surface area (Å²) in [5, 5.41) is 13.9. The van der Waals surface area contributed by atoms with Gasteiger partial charge in [-0.15, -0.1) is 10.2 Å². The average Bonchev–Trinajstić information content (AvgIpc) is 3.04. The van der Waals surface area contributed by atoms with Gasteiger partial charge in [0.2, 0.25) is 4.96 Å². The molecule has 1 aromatic carbocycles. The van der Waals surface area contributed by atoms with Crippen molar-refractivity contribution in [3.63, 3.8) is 0 Å². The first-order valence-electron chi connectivity index (χ1n) is 7.03. The summed E-state index contributed by atoms with van der Waals surface area (Å²) in [5.74, 6) is 1.72. The molecule has 3 rings (SSSR count). The molecule has 0 saturated carbocycles. The van der Waals surface area contributed by atoms with Crippen molar-refractivity contribution in [2.45, 2.75) is 26.2 Å². The molecule has 6 heteroatoms. The second-order valence-corrected chi connectivity index (χ2v) is 6.97. The van der Waals surface area contributed by atoms with Crippen LogP contribution in [-0.2, 0) is 5.41 Å². The summed E-state index contributed by atoms with van der Waals surface area (Å²) in [6.45, 7) is 6.31. The van der Waals surface area contributed by atoms with Crippen molar-refractivity contribution in [2.24, 2.45) is 0 Å². The number of hydrogen-bond acceptors (Lipinski definition) is 5. The molecule has 0 spiro atoms. The number of ether oxygens (including phenoxy) is 1. The van der Waals surface area contributed by atoms with Crippen molar-refractivity contribution in [3.05, 3.63) is 40.7 Å². The number of rotatable bonds is 3. The van der Waals surface area contributed by atoms with Crippen molar-refractivity contribution < 1.29 is 4.74 Å². The fourth-order valence-corrected chi connectivity index (χ4v) is 2.87. The number of nitrogens with zero attached hydrogens (tertiary/aromatic N) is 4. The minimum absolute atomic E-state index is 0.0862. The van der Waals surface area contributed by atoms with E-state index < -0.39 is 0 Å². The Morgan fingerprint density at radius 3 is 2.64 bits per heavy atom. The molecule has 3 aromatic rings. The SMILES string of the molecule is COc1ccccc1C=Cc1nn2c(C(C)(C)C)nnc2s1. The highest BCUT2D eigenvalue weighted by molar-refractivity contribution is 7.17. The predicted octanol–water partition coefficient (Wildman–Crippen LogP) is 3.66. The molecule has 0 N–H and O–H groups in total. The minimum atomic E-state index is -0.0862. The maximum atomic E-state index is 5.35. The lowest BCUT2D eigenvalue weighted by Crippen LogP contribution is -2.16. The van der Waals surface area contributed by atoms with E-state index in [1.54, 1.807) is 7.11 Å². The zero-order valence-electron chi connectivity index (χ0n) is 13.1. The first-order valence-corrected chi connectivity index (χ1v) is 7.84. The van der Waals surface area contributed by atoms with Gasteiger partial charge in [-0.05, 0) is 18.2 Å². The van der Waals surface area contributed by atoms with Gasteiger partial charge < -0.3 is 4.74 Å². The fourth-order valence-electron chi connectivity index (χ4n) is 2.13. The third-order valence-corrected chi connectivity index (χ3v) is 4.09. The van der Waals surface area contributed by atoms with E-state index in [1.165, 1.54) is 11.3 Å². The molecule has 0 aliphatic rings. The van der Waals surface area contributed by atoms with E-state index in [0.717, 1.165) is 27.1 Å². The number of fused-ring (bicyclic) bond motifs is 1. The third-order valence-electron chi connectivity index (χ3n) is 3.22. The Labute approximate surface area is 133 Å². The smallest absolute Gasteiger partial charge is 0.234 e. The molecule has 0 amide bonds. The van der Waals surface area contributed by atoms with Gasteiger partial charge in [0.25, 0.3) is 0 Å². The number of para-hydroxylation sites is 1. The van der Waals surface area contributed by atoms with Crippen molar-refractivity contribution in [3.8, 4) is 5.75 Å². The maximum absolute atomic E-state index is 5.35. The van der Waals surface area contributed by atoms with Crippen molar-refractivity contribution in [1.82, 2.24) is 19.8 Å². The van der Waals surface area contributed by atoms with Crippen LogP contribution in [0, 0.1) is 0 Å². The second-order valence-electron chi connectivity index (χ2n) is 5.98. The minimum Gasteiger partial charge on any atom is -0.496 e. The van der Waals surface area contributed by atoms with Crippen LogP contribution >= 0.6 is 11.3 Å². The average molecular weight is 314 g/mol. The van der Waals surface area contributed by atoms with Gasteiger partial charge >= 0.3 is 0 Å². The van der Waals surface area contributed by atoms with Crippen molar-refractivity contribution in [1.29, 1.82) is 0 Å². The molecule has 22 heavy (non-hydrogen) atoms. The third kappa shape index (κ3) is 2.74. The van der Waals surface area contributed by atoms with E-state index in [-0.39, 0.29) is 5.41 Å². The van der Waals surface area contributed by atoms with E-state index in [1.807, 2.05) is 40.9 Å². The Balaban J connectivity index is 1.95. The van der Waals surface area contributed by atoms with Crippen LogP contribution in [0.3, 0.4) is 0 Å². The molecule has 0 aliphatic carbocycles. The van der Waals surface area contributed by atoms with Crippen molar-refractivity contribution in [2.75, 3.05) is 7.11 Å². The van der Waals surface area contributed by atoms with Crippen LogP contribution in [0.4, 0.5) is 0 Å². The molecule has 0 atom stereocenters. The largest absolute Gasteiger partial charge is 0.496 e. The predicted molar refractivity (Wildman–Crippen MR) is 89.3 cm³/mol. The topological polar surface area (TPSA) is 52.3 Å². The number of aromatic nitrogens is 4. The van der Waals surface area contributed by atoms with Gasteiger partial charge in [-0.2, -0.15) is 9.61 Å². The zero-order chi connectivity index (χ0) is 15.7. The summed E-state index contributed by atoms with van der Waals surface area (Å²) in [4.78, 5) is 0.810. The van der Waals surface area contributed by atoms with Crippen LogP contribution in [0.15, 0.2) is 24.3 Å². The van der Waals surface area contributed by atoms with E-state index in [4.69, 9.17) is 4.74 Å². The Hall–Kier alpha value is -2.21. The Bertz CT molecular complexity index is 826. The molecule has 0 saturated heterocycles. The lowest BCUT2D eigenvalue weighted by molar-refractivity contribution is 0.414. The Morgan fingerprint density at radius 2 is 1.91 bits per heavy atom. The monoisotopic (exact) mass is 314 g/mol. The van der Waals surface area contributed by atoms with Gasteiger partial charge in [0.05, 0.1) is 7.11 Å². The molecule has 0 fully saturated rings. The van der Waals surface area contributed by atoms with Crippen LogP contribution in [0.2, 0.25) is 0 Å². The molecule has 0 radical (unpaired) electrons. The summed E-state index contributed by atoms with van der Waals surface area (Å²) in [6.07, 6.45) is 3.98. The Morgan fingerprint density at radius 1 is 1.14 bits per heavy atom. The zero-order valence-corrected chi connectivity index (χ0v) is 13.9. The molecular weight excluding hydrogens is 296 g/mol. The van der Waals surface area contributed by atoms with Gasteiger partial charge in [0.1, 0.15) is 10.8 Å². The summed E-state index contributed by atoms with van der Waals surface area (Å²) < 4.78 is 7.17. The quantitative estimate of drug-likeness (QED) is 0.740. The van der Waals surface area contributed by atoms with E-state index >= 15 is 0 Å². The molecule has 2 aromatic heterocycles. The van der Waals surface area contributed by atoms with Gasteiger partial charge in [0.15, 0.2) is 5.82 Å². The standard InChI is InChI=1S/C16H18N4OS/c1-16(2,3)14-17-18-15-20(14)19-13(22-15)10-9-11-7-5-6-8-12(11)21-4/h5-10H,1-4H3. The maximum Gasteiger partial charge on any atom is 0.234 e. The van der Waals surface area contributed by atoms with E-state index in [2.05, 4.69) is 36.1 Å². The first-order chi connectivity index (χ1) is 10.5. The number of benzene rings is 1. The highest BCUT2D eigenvalue weighted by Gasteiger charge is 2.22. The van der Waals surface area contributed by atoms with Gasteiger partial charge in [0, 0.05) is 11.0 Å². The molecule has 2 heterocycles. The van der Waals surface area contributed by atoms with Crippen LogP contribution in [-0.4, -0.2) is 26.9 Å². The van der Waals surface area contributed by atoms with Gasteiger partial charge in [-0.3, -0.25) is 0 Å². The van der Waals surface area contributed by atoms with E-state index in [0.29, 0.717) is 0 Å².